The lowest BCUT2D eigenvalue weighted by atomic mass is 10.0. The highest BCUT2D eigenvalue weighted by Gasteiger charge is 2.42. The summed E-state index contributed by atoms with van der Waals surface area (Å²) in [5.74, 6) is 1.69. The molecule has 4 heterocycles. The van der Waals surface area contributed by atoms with Crippen LogP contribution in [0.1, 0.15) is 37.3 Å². The minimum absolute atomic E-state index is 0.119. The summed E-state index contributed by atoms with van der Waals surface area (Å²) in [5, 5.41) is 4.17. The Morgan fingerprint density at radius 1 is 0.909 bits per heavy atom. The molecule has 33 heavy (non-hydrogen) atoms. The summed E-state index contributed by atoms with van der Waals surface area (Å²) in [5.41, 5.74) is 2.99. The van der Waals surface area contributed by atoms with Gasteiger partial charge in [0, 0.05) is 30.0 Å². The molecule has 5 rings (SSSR count). The minimum atomic E-state index is -0.124. The third kappa shape index (κ3) is 4.19. The molecule has 0 bridgehead atoms. The fourth-order valence-electron chi connectivity index (χ4n) is 4.23. The number of benzene rings is 1. The van der Waals surface area contributed by atoms with Crippen LogP contribution in [0.25, 0.3) is 5.82 Å². The van der Waals surface area contributed by atoms with E-state index in [1.54, 1.807) is 6.20 Å². The summed E-state index contributed by atoms with van der Waals surface area (Å²) in [6, 6.07) is 23.9. The molecule has 0 amide bonds. The van der Waals surface area contributed by atoms with Gasteiger partial charge in [-0.15, -0.1) is 0 Å². The first-order valence-electron chi connectivity index (χ1n) is 11.0. The average molecular weight is 456 g/mol. The lowest BCUT2D eigenvalue weighted by Gasteiger charge is -2.29. The molecule has 1 aliphatic heterocycles. The molecule has 4 aromatic rings. The van der Waals surface area contributed by atoms with Crippen LogP contribution in [0, 0.1) is 0 Å². The van der Waals surface area contributed by atoms with Crippen LogP contribution in [0.15, 0.2) is 91.4 Å². The van der Waals surface area contributed by atoms with Crippen molar-refractivity contribution in [3.8, 4) is 11.6 Å². The molecular weight excluding hydrogens is 430 g/mol. The van der Waals surface area contributed by atoms with Crippen LogP contribution in [-0.4, -0.2) is 25.8 Å². The van der Waals surface area contributed by atoms with Crippen LogP contribution in [0.2, 0.25) is 0 Å². The standard InChI is InChI=1S/C26H25N5OS/c1-18(2)32-20-13-11-19(12-14-20)31-25(24(29-26(31)33)21-8-3-5-15-27-21)22-9-7-17-30(22)23-10-4-6-16-28-23/h3-18,24-25H,1-2H3,(H,29,33). The Bertz CT molecular complexity index is 1220. The second kappa shape index (κ2) is 9.03. The Balaban J connectivity index is 1.60. The third-order valence-corrected chi connectivity index (χ3v) is 5.88. The third-order valence-electron chi connectivity index (χ3n) is 5.56. The van der Waals surface area contributed by atoms with Gasteiger partial charge < -0.3 is 19.5 Å². The molecule has 0 spiro atoms. The van der Waals surface area contributed by atoms with Gasteiger partial charge in [-0.2, -0.15) is 0 Å². The maximum absolute atomic E-state index is 5.84. The van der Waals surface area contributed by atoms with Gasteiger partial charge in [-0.25, -0.2) is 4.98 Å². The van der Waals surface area contributed by atoms with E-state index >= 15 is 0 Å². The van der Waals surface area contributed by atoms with Crippen LogP contribution < -0.4 is 15.0 Å². The monoisotopic (exact) mass is 455 g/mol. The normalized spacial score (nSPS) is 17.9. The van der Waals surface area contributed by atoms with E-state index in [2.05, 4.69) is 30.8 Å². The van der Waals surface area contributed by atoms with Gasteiger partial charge in [-0.05, 0) is 86.7 Å². The fourth-order valence-corrected chi connectivity index (χ4v) is 4.58. The van der Waals surface area contributed by atoms with Gasteiger partial charge in [-0.1, -0.05) is 12.1 Å². The van der Waals surface area contributed by atoms with Gasteiger partial charge in [0.05, 0.1) is 17.8 Å². The number of pyridine rings is 2. The van der Waals surface area contributed by atoms with Gasteiger partial charge in [0.15, 0.2) is 5.11 Å². The van der Waals surface area contributed by atoms with Crippen LogP contribution in [0.4, 0.5) is 5.69 Å². The zero-order valence-corrected chi connectivity index (χ0v) is 19.3. The van der Waals surface area contributed by atoms with E-state index in [-0.39, 0.29) is 18.2 Å². The molecule has 1 fully saturated rings. The van der Waals surface area contributed by atoms with Gasteiger partial charge in [-0.3, -0.25) is 4.98 Å². The van der Waals surface area contributed by atoms with Crippen molar-refractivity contribution in [2.45, 2.75) is 32.0 Å². The zero-order valence-electron chi connectivity index (χ0n) is 18.5. The number of thiocarbonyl (C=S) groups is 1. The highest BCUT2D eigenvalue weighted by molar-refractivity contribution is 7.80. The molecule has 3 aromatic heterocycles. The molecule has 0 radical (unpaired) electrons. The topological polar surface area (TPSA) is 55.2 Å². The lowest BCUT2D eigenvalue weighted by molar-refractivity contribution is 0.242. The van der Waals surface area contributed by atoms with E-state index in [1.165, 1.54) is 0 Å². The molecule has 1 saturated heterocycles. The number of ether oxygens (including phenoxy) is 1. The van der Waals surface area contributed by atoms with Crippen molar-refractivity contribution < 1.29 is 4.74 Å². The van der Waals surface area contributed by atoms with Gasteiger partial charge in [0.25, 0.3) is 0 Å². The number of nitrogens with zero attached hydrogens (tertiary/aromatic N) is 4. The zero-order chi connectivity index (χ0) is 22.8. The van der Waals surface area contributed by atoms with E-state index in [9.17, 15) is 0 Å². The molecule has 1 aromatic carbocycles. The summed E-state index contributed by atoms with van der Waals surface area (Å²) >= 11 is 5.84. The fraction of sp³-hybridized carbons (Fsp3) is 0.192. The molecule has 1 aliphatic rings. The number of anilines is 1. The van der Waals surface area contributed by atoms with E-state index in [4.69, 9.17) is 17.0 Å². The Morgan fingerprint density at radius 2 is 1.67 bits per heavy atom. The van der Waals surface area contributed by atoms with E-state index in [0.717, 1.165) is 28.6 Å². The second-order valence-electron chi connectivity index (χ2n) is 8.15. The Labute approximate surface area is 198 Å². The second-order valence-corrected chi connectivity index (χ2v) is 8.53. The maximum Gasteiger partial charge on any atom is 0.174 e. The van der Waals surface area contributed by atoms with E-state index in [0.29, 0.717) is 5.11 Å². The number of hydrogen-bond acceptors (Lipinski definition) is 4. The lowest BCUT2D eigenvalue weighted by Crippen LogP contribution is -2.30. The Hall–Kier alpha value is -3.71. The maximum atomic E-state index is 5.84. The summed E-state index contributed by atoms with van der Waals surface area (Å²) in [6.07, 6.45) is 5.77. The van der Waals surface area contributed by atoms with E-state index < -0.39 is 0 Å². The molecular formula is C26H25N5OS. The van der Waals surface area contributed by atoms with Gasteiger partial charge in [0.2, 0.25) is 0 Å². The van der Waals surface area contributed by atoms with Crippen molar-refractivity contribution >= 4 is 23.0 Å². The predicted molar refractivity (Wildman–Crippen MR) is 134 cm³/mol. The van der Waals surface area contributed by atoms with Crippen molar-refractivity contribution in [1.29, 1.82) is 0 Å². The smallest absolute Gasteiger partial charge is 0.174 e. The van der Waals surface area contributed by atoms with E-state index in [1.807, 2.05) is 93.0 Å². The molecule has 1 N–H and O–H groups in total. The highest BCUT2D eigenvalue weighted by atomic mass is 32.1. The quantitative estimate of drug-likeness (QED) is 0.402. The predicted octanol–water partition coefficient (Wildman–Crippen LogP) is 5.23. The summed E-state index contributed by atoms with van der Waals surface area (Å²) < 4.78 is 7.95. The summed E-state index contributed by atoms with van der Waals surface area (Å²) in [6.45, 7) is 4.04. The molecule has 0 aliphatic carbocycles. The molecule has 2 atom stereocenters. The van der Waals surface area contributed by atoms with Crippen LogP contribution >= 0.6 is 12.2 Å². The number of aromatic nitrogens is 3. The van der Waals surface area contributed by atoms with Gasteiger partial charge in [0.1, 0.15) is 17.6 Å². The summed E-state index contributed by atoms with van der Waals surface area (Å²) in [7, 11) is 0. The molecule has 7 heteroatoms. The Kier molecular flexibility index (Phi) is 5.79. The summed E-state index contributed by atoms with van der Waals surface area (Å²) in [4.78, 5) is 11.4. The first-order valence-corrected chi connectivity index (χ1v) is 11.4. The SMILES string of the molecule is CC(C)Oc1ccc(N2C(=S)NC(c3ccccn3)C2c2cccn2-c2ccccn2)cc1. The van der Waals surface area contributed by atoms with Crippen molar-refractivity contribution in [3.05, 3.63) is 103 Å². The molecule has 166 valence electrons. The number of nitrogens with one attached hydrogen (secondary N) is 1. The number of rotatable bonds is 6. The van der Waals surface area contributed by atoms with Crippen LogP contribution in [0.5, 0.6) is 5.75 Å². The molecule has 0 saturated carbocycles. The molecule has 6 nitrogen and oxygen atoms in total. The van der Waals surface area contributed by atoms with Crippen molar-refractivity contribution in [1.82, 2.24) is 19.9 Å². The Morgan fingerprint density at radius 3 is 2.33 bits per heavy atom. The van der Waals surface area contributed by atoms with Gasteiger partial charge >= 0.3 is 0 Å². The first kappa shape index (κ1) is 21.2. The van der Waals surface area contributed by atoms with Crippen molar-refractivity contribution in [3.63, 3.8) is 0 Å². The largest absolute Gasteiger partial charge is 0.491 e. The molecule has 2 unspecified atom stereocenters. The van der Waals surface area contributed by atoms with Crippen molar-refractivity contribution in [2.24, 2.45) is 0 Å². The van der Waals surface area contributed by atoms with Crippen molar-refractivity contribution in [2.75, 3.05) is 4.90 Å². The highest BCUT2D eigenvalue weighted by Crippen LogP contribution is 2.42. The van der Waals surface area contributed by atoms with Crippen LogP contribution in [-0.2, 0) is 0 Å². The van der Waals surface area contributed by atoms with Crippen LogP contribution in [0.3, 0.4) is 0 Å². The number of hydrogen-bond donors (Lipinski definition) is 1. The average Bonchev–Trinajstić information content (AvgIpc) is 3.45. The minimum Gasteiger partial charge on any atom is -0.491 e. The first-order chi connectivity index (χ1) is 16.1.